The van der Waals surface area contributed by atoms with E-state index in [1.165, 1.54) is 27.4 Å². The average molecular weight is 525 g/mol. The lowest BCUT2D eigenvalue weighted by Crippen LogP contribution is -2.38. The first-order chi connectivity index (χ1) is 16.9. The van der Waals surface area contributed by atoms with Crippen molar-refractivity contribution in [1.29, 1.82) is 0 Å². The molecule has 0 bridgehead atoms. The van der Waals surface area contributed by atoms with Crippen LogP contribution in [0.25, 0.3) is 16.0 Å². The Morgan fingerprint density at radius 1 is 1.17 bits per heavy atom. The van der Waals surface area contributed by atoms with E-state index in [0.29, 0.717) is 21.4 Å². The first-order valence-corrected chi connectivity index (χ1v) is 13.8. The lowest BCUT2D eigenvalue weighted by Gasteiger charge is -2.26. The van der Waals surface area contributed by atoms with Gasteiger partial charge in [0.2, 0.25) is 5.91 Å². The monoisotopic (exact) mass is 524 g/mol. The first kappa shape index (κ1) is 24.0. The van der Waals surface area contributed by atoms with E-state index < -0.39 is 0 Å². The van der Waals surface area contributed by atoms with Gasteiger partial charge in [0, 0.05) is 22.8 Å². The van der Waals surface area contributed by atoms with Crippen LogP contribution in [0.4, 0.5) is 5.69 Å². The number of halogens is 1. The number of hydrogen-bond donors (Lipinski definition) is 0. The molecule has 0 spiro atoms. The van der Waals surface area contributed by atoms with Gasteiger partial charge < -0.3 is 4.90 Å². The summed E-state index contributed by atoms with van der Waals surface area (Å²) in [7, 11) is 0. The number of para-hydroxylation sites is 1. The largest absolute Gasteiger partial charge is 0.309 e. The summed E-state index contributed by atoms with van der Waals surface area (Å²) in [6.45, 7) is 3.98. The van der Waals surface area contributed by atoms with Gasteiger partial charge in [0.05, 0.1) is 16.2 Å². The van der Waals surface area contributed by atoms with Gasteiger partial charge in [0.15, 0.2) is 5.16 Å². The molecule has 0 saturated heterocycles. The quantitative estimate of drug-likeness (QED) is 0.232. The predicted octanol–water partition coefficient (Wildman–Crippen LogP) is 5.91. The molecule has 0 radical (unpaired) electrons. The molecule has 1 amide bonds. The number of fused-ring (bicyclic) bond motifs is 3. The van der Waals surface area contributed by atoms with E-state index >= 15 is 0 Å². The number of amides is 1. The number of thioether (sulfide) groups is 1. The lowest BCUT2D eigenvalue weighted by atomic mass is 9.97. The van der Waals surface area contributed by atoms with Crippen LogP contribution in [-0.2, 0) is 17.6 Å². The molecule has 1 aliphatic rings. The zero-order valence-corrected chi connectivity index (χ0v) is 21.9. The SMILES string of the molecule is CC(C)N(C(=O)CSc1nc2sc3c(c2c(=O)n1-c1ccc(Cl)cn1)CCCC3)c1ccccc1. The van der Waals surface area contributed by atoms with Crippen LogP contribution in [-0.4, -0.2) is 32.2 Å². The summed E-state index contributed by atoms with van der Waals surface area (Å²) in [5, 5.41) is 1.63. The van der Waals surface area contributed by atoms with Gasteiger partial charge in [-0.2, -0.15) is 0 Å². The van der Waals surface area contributed by atoms with Crippen molar-refractivity contribution in [3.63, 3.8) is 0 Å². The van der Waals surface area contributed by atoms with Crippen LogP contribution >= 0.6 is 34.7 Å². The van der Waals surface area contributed by atoms with Gasteiger partial charge in [-0.1, -0.05) is 41.6 Å². The highest BCUT2D eigenvalue weighted by Crippen LogP contribution is 2.35. The second kappa shape index (κ2) is 10.1. The van der Waals surface area contributed by atoms with E-state index in [2.05, 4.69) is 4.98 Å². The van der Waals surface area contributed by atoms with E-state index in [4.69, 9.17) is 16.6 Å². The number of benzene rings is 1. The summed E-state index contributed by atoms with van der Waals surface area (Å²) in [5.41, 5.74) is 1.83. The highest BCUT2D eigenvalue weighted by atomic mass is 35.5. The molecule has 0 N–H and O–H groups in total. The number of carbonyl (C=O) groups excluding carboxylic acids is 1. The number of nitrogens with zero attached hydrogens (tertiary/aromatic N) is 4. The average Bonchev–Trinajstić information content (AvgIpc) is 3.23. The Labute approximate surface area is 217 Å². The first-order valence-electron chi connectivity index (χ1n) is 11.6. The maximum Gasteiger partial charge on any atom is 0.269 e. The summed E-state index contributed by atoms with van der Waals surface area (Å²) in [4.78, 5) is 40.2. The summed E-state index contributed by atoms with van der Waals surface area (Å²) >= 11 is 8.92. The molecule has 1 aliphatic carbocycles. The molecule has 9 heteroatoms. The summed E-state index contributed by atoms with van der Waals surface area (Å²) in [6.07, 6.45) is 5.61. The van der Waals surface area contributed by atoms with Crippen molar-refractivity contribution >= 4 is 56.5 Å². The van der Waals surface area contributed by atoms with Crippen LogP contribution in [0.2, 0.25) is 5.02 Å². The van der Waals surface area contributed by atoms with Crippen molar-refractivity contribution in [2.24, 2.45) is 0 Å². The van der Waals surface area contributed by atoms with Crippen LogP contribution < -0.4 is 10.5 Å². The Morgan fingerprint density at radius 2 is 1.94 bits per heavy atom. The topological polar surface area (TPSA) is 68.1 Å². The Morgan fingerprint density at radius 3 is 2.66 bits per heavy atom. The third-order valence-corrected chi connectivity index (χ3v) is 8.38. The van der Waals surface area contributed by atoms with Gasteiger partial charge in [0.1, 0.15) is 10.6 Å². The Hall–Kier alpha value is -2.68. The van der Waals surface area contributed by atoms with Gasteiger partial charge in [-0.25, -0.2) is 14.5 Å². The van der Waals surface area contributed by atoms with Gasteiger partial charge in [-0.3, -0.25) is 9.59 Å². The van der Waals surface area contributed by atoms with E-state index in [-0.39, 0.29) is 23.3 Å². The number of hydrogen-bond acceptors (Lipinski definition) is 6. The second-order valence-electron chi connectivity index (χ2n) is 8.74. The smallest absolute Gasteiger partial charge is 0.269 e. The third-order valence-electron chi connectivity index (χ3n) is 6.04. The molecule has 0 atom stereocenters. The molecular weight excluding hydrogens is 500 g/mol. The summed E-state index contributed by atoms with van der Waals surface area (Å²) < 4.78 is 1.53. The second-order valence-corrected chi connectivity index (χ2v) is 11.2. The predicted molar refractivity (Wildman–Crippen MR) is 144 cm³/mol. The van der Waals surface area contributed by atoms with E-state index in [0.717, 1.165) is 41.8 Å². The fourth-order valence-corrected chi connectivity index (χ4v) is 6.77. The highest BCUT2D eigenvalue weighted by molar-refractivity contribution is 7.99. The molecule has 180 valence electrons. The molecule has 0 unspecified atom stereocenters. The minimum absolute atomic E-state index is 0.00918. The number of anilines is 1. The Bertz CT molecular complexity index is 1430. The third kappa shape index (κ3) is 4.75. The van der Waals surface area contributed by atoms with E-state index in [1.807, 2.05) is 44.2 Å². The molecule has 0 saturated carbocycles. The molecule has 4 aromatic rings. The lowest BCUT2D eigenvalue weighted by molar-refractivity contribution is -0.116. The zero-order valence-electron chi connectivity index (χ0n) is 19.5. The van der Waals surface area contributed by atoms with Crippen LogP contribution in [0, 0.1) is 0 Å². The number of pyridine rings is 1. The molecule has 0 fully saturated rings. The number of thiophene rings is 1. The molecule has 3 aromatic heterocycles. The highest BCUT2D eigenvalue weighted by Gasteiger charge is 2.25. The van der Waals surface area contributed by atoms with Gasteiger partial charge in [-0.15, -0.1) is 11.3 Å². The molecule has 0 aliphatic heterocycles. The molecule has 5 rings (SSSR count). The normalized spacial score (nSPS) is 13.3. The Balaban J connectivity index is 1.56. The van der Waals surface area contributed by atoms with E-state index in [1.54, 1.807) is 28.4 Å². The maximum absolute atomic E-state index is 13.8. The van der Waals surface area contributed by atoms with Gasteiger partial charge in [0.25, 0.3) is 5.56 Å². The molecule has 6 nitrogen and oxygen atoms in total. The van der Waals surface area contributed by atoms with Crippen LogP contribution in [0.3, 0.4) is 0 Å². The molecule has 35 heavy (non-hydrogen) atoms. The fraction of sp³-hybridized carbons (Fsp3) is 0.308. The zero-order chi connectivity index (χ0) is 24.5. The minimum Gasteiger partial charge on any atom is -0.309 e. The van der Waals surface area contributed by atoms with Crippen LogP contribution in [0.15, 0.2) is 58.6 Å². The number of carbonyl (C=O) groups is 1. The number of rotatable bonds is 6. The molecule has 1 aromatic carbocycles. The number of aryl methyl sites for hydroxylation is 2. The molecule has 3 heterocycles. The van der Waals surface area contributed by atoms with Crippen molar-refractivity contribution in [3.05, 3.63) is 74.5 Å². The van der Waals surface area contributed by atoms with E-state index in [9.17, 15) is 9.59 Å². The van der Waals surface area contributed by atoms with Crippen LogP contribution in [0.1, 0.15) is 37.1 Å². The van der Waals surface area contributed by atoms with Crippen molar-refractivity contribution in [3.8, 4) is 5.82 Å². The minimum atomic E-state index is -0.136. The summed E-state index contributed by atoms with van der Waals surface area (Å²) in [5.74, 6) is 0.541. The van der Waals surface area contributed by atoms with Crippen molar-refractivity contribution in [2.45, 2.75) is 50.7 Å². The van der Waals surface area contributed by atoms with Crippen LogP contribution in [0.5, 0.6) is 0 Å². The maximum atomic E-state index is 13.8. The fourth-order valence-electron chi connectivity index (χ4n) is 4.50. The van der Waals surface area contributed by atoms with Crippen molar-refractivity contribution in [2.75, 3.05) is 10.7 Å². The molecular formula is C26H25ClN4O2S2. The van der Waals surface area contributed by atoms with Crippen molar-refractivity contribution in [1.82, 2.24) is 14.5 Å². The van der Waals surface area contributed by atoms with Gasteiger partial charge in [-0.05, 0) is 69.4 Å². The number of aromatic nitrogens is 3. The standard InChI is InChI=1S/C26H25ClN4O2S2/c1-16(2)30(18-8-4-3-5-9-18)22(32)15-34-26-29-24-23(19-10-6-7-11-20(19)35-24)25(33)31(26)21-13-12-17(27)14-28-21/h3-5,8-9,12-14,16H,6-7,10-11,15H2,1-2H3. The van der Waals surface area contributed by atoms with Gasteiger partial charge >= 0.3 is 0 Å². The Kier molecular flexibility index (Phi) is 6.95. The van der Waals surface area contributed by atoms with Crippen molar-refractivity contribution < 1.29 is 4.79 Å². The summed E-state index contributed by atoms with van der Waals surface area (Å²) in [6, 6.07) is 13.0.